The lowest BCUT2D eigenvalue weighted by molar-refractivity contribution is 0.308. The first kappa shape index (κ1) is 13.7. The first-order chi connectivity index (χ1) is 6.35. The van der Waals surface area contributed by atoms with Crippen LogP contribution in [0.3, 0.4) is 0 Å². The highest BCUT2D eigenvalue weighted by atomic mass is 14.2. The van der Waals surface area contributed by atoms with Crippen molar-refractivity contribution in [1.82, 2.24) is 0 Å². The summed E-state index contributed by atoms with van der Waals surface area (Å²) in [7, 11) is 0. The van der Waals surface area contributed by atoms with E-state index in [0.29, 0.717) is 5.41 Å². The average Bonchev–Trinajstić information content (AvgIpc) is 1.98. The second-order valence-corrected chi connectivity index (χ2v) is 5.67. The Morgan fingerprint density at radius 2 is 1.86 bits per heavy atom. The molecule has 0 aliphatic rings. The molecule has 0 aromatic carbocycles. The first-order valence-corrected chi connectivity index (χ1v) is 5.85. The van der Waals surface area contributed by atoms with E-state index in [-0.39, 0.29) is 0 Å². The second-order valence-electron chi connectivity index (χ2n) is 5.67. The van der Waals surface area contributed by atoms with Gasteiger partial charge in [-0.3, -0.25) is 0 Å². The van der Waals surface area contributed by atoms with Crippen LogP contribution in [0.4, 0.5) is 0 Å². The molecular weight excluding hydrogens is 168 g/mol. The Bertz CT molecular complexity index is 169. The van der Waals surface area contributed by atoms with Gasteiger partial charge in [-0.25, -0.2) is 0 Å². The fourth-order valence-electron chi connectivity index (χ4n) is 1.92. The molecule has 0 heteroatoms. The Kier molecular flexibility index (Phi) is 6.15. The van der Waals surface area contributed by atoms with Crippen LogP contribution in [0, 0.1) is 17.8 Å². The standard InChI is InChI=1S/C14H27/c1-7-8-12(2)9-10-13(3)11-14(4,5)6/h8-9,13H,7,10-11H2,1-6H3/b12-9+. The van der Waals surface area contributed by atoms with Crippen molar-refractivity contribution in [2.24, 2.45) is 11.3 Å². The van der Waals surface area contributed by atoms with Crippen LogP contribution in [-0.2, 0) is 0 Å². The third-order valence-corrected chi connectivity index (χ3v) is 2.33. The summed E-state index contributed by atoms with van der Waals surface area (Å²) in [6.07, 6.45) is 8.35. The van der Waals surface area contributed by atoms with Crippen molar-refractivity contribution in [2.45, 2.75) is 60.8 Å². The molecule has 0 aliphatic carbocycles. The fraction of sp³-hybridized carbons (Fsp3) is 0.786. The van der Waals surface area contributed by atoms with Gasteiger partial charge in [0.05, 0.1) is 0 Å². The highest BCUT2D eigenvalue weighted by molar-refractivity contribution is 5.09. The molecule has 1 atom stereocenters. The van der Waals surface area contributed by atoms with Crippen molar-refractivity contribution in [2.75, 3.05) is 0 Å². The summed E-state index contributed by atoms with van der Waals surface area (Å²) in [5.41, 5.74) is 1.91. The van der Waals surface area contributed by atoms with Crippen LogP contribution in [0.1, 0.15) is 60.8 Å². The molecule has 0 fully saturated rings. The SMILES string of the molecule is CC[CH]/C(C)=C/CC(C)CC(C)(C)C. The van der Waals surface area contributed by atoms with E-state index in [2.05, 4.69) is 54.0 Å². The molecule has 83 valence electrons. The normalized spacial score (nSPS) is 15.7. The lowest BCUT2D eigenvalue weighted by atomic mass is 9.84. The maximum absolute atomic E-state index is 2.37. The Balaban J connectivity index is 3.84. The molecule has 0 aromatic heterocycles. The molecule has 0 nitrogen and oxygen atoms in total. The van der Waals surface area contributed by atoms with Gasteiger partial charge in [0, 0.05) is 0 Å². The number of allylic oxidation sites excluding steroid dienone is 2. The van der Waals surface area contributed by atoms with Gasteiger partial charge in [-0.15, -0.1) is 0 Å². The third kappa shape index (κ3) is 8.34. The van der Waals surface area contributed by atoms with Gasteiger partial charge < -0.3 is 0 Å². The third-order valence-electron chi connectivity index (χ3n) is 2.33. The lowest BCUT2D eigenvalue weighted by Gasteiger charge is -2.22. The number of hydrogen-bond donors (Lipinski definition) is 0. The smallest absolute Gasteiger partial charge is 0.0143 e. The zero-order valence-corrected chi connectivity index (χ0v) is 10.9. The predicted octanol–water partition coefficient (Wildman–Crippen LogP) is 5.01. The lowest BCUT2D eigenvalue weighted by Crippen LogP contribution is -2.10. The summed E-state index contributed by atoms with van der Waals surface area (Å²) in [6, 6.07) is 0. The van der Waals surface area contributed by atoms with Crippen LogP contribution in [0.2, 0.25) is 0 Å². The highest BCUT2D eigenvalue weighted by Crippen LogP contribution is 2.26. The highest BCUT2D eigenvalue weighted by Gasteiger charge is 2.14. The Labute approximate surface area is 90.8 Å². The van der Waals surface area contributed by atoms with E-state index in [1.54, 1.807) is 0 Å². The molecule has 14 heavy (non-hydrogen) atoms. The van der Waals surface area contributed by atoms with Gasteiger partial charge in [0.1, 0.15) is 0 Å². The molecule has 0 N–H and O–H groups in total. The van der Waals surface area contributed by atoms with Crippen LogP contribution in [0.5, 0.6) is 0 Å². The quantitative estimate of drug-likeness (QED) is 0.578. The van der Waals surface area contributed by atoms with Gasteiger partial charge in [0.15, 0.2) is 0 Å². The van der Waals surface area contributed by atoms with Gasteiger partial charge in [-0.05, 0) is 43.9 Å². The minimum Gasteiger partial charge on any atom is -0.0850 e. The topological polar surface area (TPSA) is 0 Å². The summed E-state index contributed by atoms with van der Waals surface area (Å²) < 4.78 is 0. The molecule has 0 aromatic rings. The fourth-order valence-corrected chi connectivity index (χ4v) is 1.92. The first-order valence-electron chi connectivity index (χ1n) is 5.85. The molecule has 0 rings (SSSR count). The number of hydrogen-bond acceptors (Lipinski definition) is 0. The Morgan fingerprint density at radius 3 is 2.29 bits per heavy atom. The minimum absolute atomic E-state index is 0.468. The van der Waals surface area contributed by atoms with Gasteiger partial charge in [0.2, 0.25) is 0 Å². The van der Waals surface area contributed by atoms with E-state index >= 15 is 0 Å². The largest absolute Gasteiger partial charge is 0.0850 e. The van der Waals surface area contributed by atoms with Crippen molar-refractivity contribution in [3.05, 3.63) is 18.1 Å². The molecule has 0 amide bonds. The molecular formula is C14H27. The van der Waals surface area contributed by atoms with Gasteiger partial charge >= 0.3 is 0 Å². The predicted molar refractivity (Wildman–Crippen MR) is 66.2 cm³/mol. The molecule has 0 aliphatic heterocycles. The molecule has 1 unspecified atom stereocenters. The van der Waals surface area contributed by atoms with Crippen LogP contribution in [0.15, 0.2) is 11.6 Å². The van der Waals surface area contributed by atoms with Crippen molar-refractivity contribution in [1.29, 1.82) is 0 Å². The van der Waals surface area contributed by atoms with Crippen molar-refractivity contribution >= 4 is 0 Å². The van der Waals surface area contributed by atoms with E-state index in [0.717, 1.165) is 12.3 Å². The van der Waals surface area contributed by atoms with Crippen LogP contribution < -0.4 is 0 Å². The van der Waals surface area contributed by atoms with Gasteiger partial charge in [0.25, 0.3) is 0 Å². The van der Waals surface area contributed by atoms with Gasteiger partial charge in [-0.1, -0.05) is 46.3 Å². The van der Waals surface area contributed by atoms with Crippen LogP contribution in [0.25, 0.3) is 0 Å². The molecule has 0 heterocycles. The zero-order valence-electron chi connectivity index (χ0n) is 10.9. The molecule has 0 bridgehead atoms. The minimum atomic E-state index is 0.468. The van der Waals surface area contributed by atoms with Gasteiger partial charge in [-0.2, -0.15) is 0 Å². The molecule has 0 spiro atoms. The second kappa shape index (κ2) is 6.27. The van der Waals surface area contributed by atoms with Crippen molar-refractivity contribution < 1.29 is 0 Å². The van der Waals surface area contributed by atoms with Crippen LogP contribution >= 0.6 is 0 Å². The summed E-state index contributed by atoms with van der Waals surface area (Å²) in [5.74, 6) is 0.801. The van der Waals surface area contributed by atoms with E-state index in [1.165, 1.54) is 18.4 Å². The monoisotopic (exact) mass is 195 g/mol. The maximum atomic E-state index is 2.37. The van der Waals surface area contributed by atoms with E-state index in [9.17, 15) is 0 Å². The van der Waals surface area contributed by atoms with Crippen molar-refractivity contribution in [3.63, 3.8) is 0 Å². The van der Waals surface area contributed by atoms with E-state index < -0.39 is 0 Å². The van der Waals surface area contributed by atoms with Crippen LogP contribution in [-0.4, -0.2) is 0 Å². The Hall–Kier alpha value is -0.260. The van der Waals surface area contributed by atoms with E-state index in [1.807, 2.05) is 0 Å². The molecule has 0 saturated carbocycles. The summed E-state index contributed by atoms with van der Waals surface area (Å²) in [4.78, 5) is 0. The van der Waals surface area contributed by atoms with E-state index in [4.69, 9.17) is 0 Å². The molecule has 1 radical (unpaired) electrons. The summed E-state index contributed by atoms with van der Waals surface area (Å²) in [5, 5.41) is 0. The Morgan fingerprint density at radius 1 is 1.29 bits per heavy atom. The average molecular weight is 195 g/mol. The number of rotatable bonds is 5. The summed E-state index contributed by atoms with van der Waals surface area (Å²) in [6.45, 7) is 13.7. The zero-order chi connectivity index (χ0) is 11.2. The maximum Gasteiger partial charge on any atom is -0.0143 e. The summed E-state index contributed by atoms with van der Waals surface area (Å²) >= 11 is 0. The van der Waals surface area contributed by atoms with Crippen molar-refractivity contribution in [3.8, 4) is 0 Å². The molecule has 0 saturated heterocycles.